The van der Waals surface area contributed by atoms with Gasteiger partial charge in [-0.1, -0.05) is 60.7 Å². The van der Waals surface area contributed by atoms with Gasteiger partial charge in [-0.2, -0.15) is 0 Å². The van der Waals surface area contributed by atoms with E-state index in [4.69, 9.17) is 0 Å². The molecule has 0 spiro atoms. The van der Waals surface area contributed by atoms with Crippen LogP contribution in [0.4, 0.5) is 0 Å². The molecule has 0 aliphatic carbocycles. The molecule has 1 saturated heterocycles. The van der Waals surface area contributed by atoms with Gasteiger partial charge in [0.15, 0.2) is 17.3 Å². The lowest BCUT2D eigenvalue weighted by Crippen LogP contribution is -2.49. The number of hydrogen-bond acceptors (Lipinski definition) is 6. The summed E-state index contributed by atoms with van der Waals surface area (Å²) in [6.45, 7) is 0.996. The summed E-state index contributed by atoms with van der Waals surface area (Å²) in [6.07, 6.45) is 1.90. The summed E-state index contributed by atoms with van der Waals surface area (Å²) in [5.41, 5.74) is -1.22. The average Bonchev–Trinajstić information content (AvgIpc) is 2.99. The Bertz CT molecular complexity index is 985. The molecule has 0 amide bonds. The molecule has 0 bridgehead atoms. The van der Waals surface area contributed by atoms with Gasteiger partial charge in [0, 0.05) is 30.3 Å². The van der Waals surface area contributed by atoms with Gasteiger partial charge in [0.2, 0.25) is 0 Å². The summed E-state index contributed by atoms with van der Waals surface area (Å²) in [5, 5.41) is 26.7. The molecule has 1 unspecified atom stereocenters. The third-order valence-corrected chi connectivity index (χ3v) is 5.06. The molecule has 7 heteroatoms. The van der Waals surface area contributed by atoms with E-state index in [0.29, 0.717) is 30.6 Å². The largest absolute Gasteiger partial charge is 0.366 e. The van der Waals surface area contributed by atoms with Crippen LogP contribution < -0.4 is 5.32 Å². The highest BCUT2D eigenvalue weighted by Gasteiger charge is 2.55. The zero-order valence-electron chi connectivity index (χ0n) is 15.0. The number of carbonyl (C=O) groups excluding carboxylic acids is 1. The molecule has 1 atom stereocenters. The number of fused-ring (bicyclic) bond motifs is 1. The molecule has 0 aromatic heterocycles. The Balaban J connectivity index is 1.92. The van der Waals surface area contributed by atoms with Crippen molar-refractivity contribution in [3.8, 4) is 0 Å². The molecular weight excluding hydrogens is 358 g/mol. The van der Waals surface area contributed by atoms with Gasteiger partial charge < -0.3 is 15.3 Å². The molecule has 2 aliphatic heterocycles. The highest BCUT2D eigenvalue weighted by Crippen LogP contribution is 2.47. The minimum Gasteiger partial charge on any atom is -0.366 e. The maximum Gasteiger partial charge on any atom is 0.317 e. The number of hydrogen-bond donors (Lipinski definition) is 2. The number of carbonyl (C=O) groups is 1. The first-order valence-electron chi connectivity index (χ1n) is 9.03. The van der Waals surface area contributed by atoms with Crippen molar-refractivity contribution in [1.82, 2.24) is 10.2 Å². The SMILES string of the molecule is O=C(/C=C1/C([N+](=O)[O-])=C2NCCCN2C1(O)c1ccccc1)c1ccccc1. The van der Waals surface area contributed by atoms with Crippen molar-refractivity contribution in [2.24, 2.45) is 0 Å². The zero-order chi connectivity index (χ0) is 19.7. The lowest BCUT2D eigenvalue weighted by atomic mass is 9.92. The van der Waals surface area contributed by atoms with Crippen LogP contribution in [0.1, 0.15) is 22.3 Å². The van der Waals surface area contributed by atoms with Gasteiger partial charge >= 0.3 is 5.70 Å². The van der Waals surface area contributed by atoms with Gasteiger partial charge in [0.1, 0.15) is 0 Å². The normalized spacial score (nSPS) is 22.8. The second-order valence-electron chi connectivity index (χ2n) is 6.71. The number of ketones is 1. The molecular formula is C21H19N3O4. The van der Waals surface area contributed by atoms with Crippen LogP contribution >= 0.6 is 0 Å². The van der Waals surface area contributed by atoms with Crippen molar-refractivity contribution >= 4 is 5.78 Å². The predicted molar refractivity (Wildman–Crippen MR) is 103 cm³/mol. The molecule has 1 fully saturated rings. The Hall–Kier alpha value is -3.45. The van der Waals surface area contributed by atoms with Crippen LogP contribution in [0, 0.1) is 10.1 Å². The number of nitrogens with zero attached hydrogens (tertiary/aromatic N) is 2. The minimum absolute atomic E-state index is 0.0260. The first-order valence-corrected chi connectivity index (χ1v) is 9.03. The summed E-state index contributed by atoms with van der Waals surface area (Å²) in [6, 6.07) is 17.2. The molecule has 2 aliphatic rings. The van der Waals surface area contributed by atoms with Crippen LogP contribution in [-0.2, 0) is 5.72 Å². The first-order chi connectivity index (χ1) is 13.5. The van der Waals surface area contributed by atoms with Crippen molar-refractivity contribution < 1.29 is 14.8 Å². The number of nitrogens with one attached hydrogen (secondary N) is 1. The lowest BCUT2D eigenvalue weighted by Gasteiger charge is -2.39. The molecule has 142 valence electrons. The molecule has 28 heavy (non-hydrogen) atoms. The van der Waals surface area contributed by atoms with E-state index in [2.05, 4.69) is 5.32 Å². The van der Waals surface area contributed by atoms with Gasteiger partial charge in [-0.15, -0.1) is 0 Å². The fraction of sp³-hybridized carbons (Fsp3) is 0.190. The van der Waals surface area contributed by atoms with E-state index in [1.165, 1.54) is 6.08 Å². The quantitative estimate of drug-likeness (QED) is 0.368. The Labute approximate surface area is 161 Å². The third-order valence-electron chi connectivity index (χ3n) is 5.06. The number of rotatable bonds is 4. The molecule has 2 aromatic rings. The van der Waals surface area contributed by atoms with Crippen molar-refractivity contribution in [3.63, 3.8) is 0 Å². The molecule has 7 nitrogen and oxygen atoms in total. The van der Waals surface area contributed by atoms with Crippen molar-refractivity contribution in [1.29, 1.82) is 0 Å². The van der Waals surface area contributed by atoms with Crippen LogP contribution in [-0.4, -0.2) is 33.8 Å². The summed E-state index contributed by atoms with van der Waals surface area (Å²) >= 11 is 0. The van der Waals surface area contributed by atoms with Crippen LogP contribution in [0.25, 0.3) is 0 Å². The average molecular weight is 377 g/mol. The summed E-state index contributed by atoms with van der Waals surface area (Å²) in [4.78, 5) is 25.8. The fourth-order valence-corrected chi connectivity index (χ4v) is 3.78. The number of nitro groups is 1. The third kappa shape index (κ3) is 2.76. The van der Waals surface area contributed by atoms with Gasteiger partial charge in [-0.05, 0) is 6.42 Å². The highest BCUT2D eigenvalue weighted by atomic mass is 16.6. The van der Waals surface area contributed by atoms with Gasteiger partial charge in [0.25, 0.3) is 0 Å². The van der Waals surface area contributed by atoms with Crippen molar-refractivity contribution in [2.75, 3.05) is 13.1 Å². The Morgan fingerprint density at radius 3 is 2.43 bits per heavy atom. The smallest absolute Gasteiger partial charge is 0.317 e. The molecule has 0 saturated carbocycles. The molecule has 4 rings (SSSR count). The van der Waals surface area contributed by atoms with Crippen LogP contribution in [0.5, 0.6) is 0 Å². The van der Waals surface area contributed by atoms with Crippen molar-refractivity contribution in [2.45, 2.75) is 12.1 Å². The van der Waals surface area contributed by atoms with E-state index < -0.39 is 16.4 Å². The van der Waals surface area contributed by atoms with Crippen molar-refractivity contribution in [3.05, 3.63) is 105 Å². The summed E-state index contributed by atoms with van der Waals surface area (Å²) in [5.74, 6) is -0.153. The fourth-order valence-electron chi connectivity index (χ4n) is 3.78. The number of allylic oxidation sites excluding steroid dienone is 1. The number of benzene rings is 2. The van der Waals surface area contributed by atoms with Crippen LogP contribution in [0.3, 0.4) is 0 Å². The maximum absolute atomic E-state index is 12.8. The topological polar surface area (TPSA) is 95.7 Å². The minimum atomic E-state index is -1.79. The van der Waals surface area contributed by atoms with E-state index in [-0.39, 0.29) is 17.1 Å². The van der Waals surface area contributed by atoms with Crippen LogP contribution in [0.15, 0.2) is 83.8 Å². The first kappa shape index (κ1) is 17.9. The molecule has 2 N–H and O–H groups in total. The van der Waals surface area contributed by atoms with E-state index in [9.17, 15) is 20.0 Å². The summed E-state index contributed by atoms with van der Waals surface area (Å²) in [7, 11) is 0. The Morgan fingerprint density at radius 2 is 1.79 bits per heavy atom. The monoisotopic (exact) mass is 377 g/mol. The lowest BCUT2D eigenvalue weighted by molar-refractivity contribution is -0.422. The summed E-state index contributed by atoms with van der Waals surface area (Å²) < 4.78 is 0. The second-order valence-corrected chi connectivity index (χ2v) is 6.71. The molecule has 2 aromatic carbocycles. The Kier molecular flexibility index (Phi) is 4.44. The van der Waals surface area contributed by atoms with E-state index >= 15 is 0 Å². The Morgan fingerprint density at radius 1 is 1.14 bits per heavy atom. The van der Waals surface area contributed by atoms with Gasteiger partial charge in [0.05, 0.1) is 10.5 Å². The maximum atomic E-state index is 12.8. The highest BCUT2D eigenvalue weighted by molar-refractivity contribution is 6.05. The van der Waals surface area contributed by atoms with E-state index in [1.54, 1.807) is 65.6 Å². The van der Waals surface area contributed by atoms with E-state index in [1.807, 2.05) is 0 Å². The standard InChI is InChI=1S/C21H19N3O4/c25-18(15-8-3-1-4-9-15)14-17-19(24(27)28)20-22-12-7-13-23(20)21(17,26)16-10-5-2-6-11-16/h1-6,8-11,14,22,26H,7,12-13H2/b17-14-. The van der Waals surface area contributed by atoms with E-state index in [0.717, 1.165) is 0 Å². The second kappa shape index (κ2) is 6.94. The van der Waals surface area contributed by atoms with Gasteiger partial charge in [-0.3, -0.25) is 14.9 Å². The molecule has 2 heterocycles. The zero-order valence-corrected chi connectivity index (χ0v) is 15.0. The molecule has 0 radical (unpaired) electrons. The van der Waals surface area contributed by atoms with Crippen LogP contribution in [0.2, 0.25) is 0 Å². The van der Waals surface area contributed by atoms with Gasteiger partial charge in [-0.25, -0.2) is 0 Å². The predicted octanol–water partition coefficient (Wildman–Crippen LogP) is 2.40. The number of aliphatic hydroxyl groups is 1.